The first-order valence-electron chi connectivity index (χ1n) is 5.94. The zero-order valence-corrected chi connectivity index (χ0v) is 11.9. The summed E-state index contributed by atoms with van der Waals surface area (Å²) in [5.41, 5.74) is 2.83. The lowest BCUT2D eigenvalue weighted by molar-refractivity contribution is 1.16. The lowest BCUT2D eigenvalue weighted by Crippen LogP contribution is -1.89. The second kappa shape index (κ2) is 5.27. The van der Waals surface area contributed by atoms with Gasteiger partial charge in [-0.15, -0.1) is 0 Å². The molecule has 0 N–H and O–H groups in total. The van der Waals surface area contributed by atoms with Crippen molar-refractivity contribution in [2.45, 2.75) is 0 Å². The first-order valence-corrected chi connectivity index (χ1v) is 6.73. The normalized spacial score (nSPS) is 11.5. The Hall–Kier alpha value is -2.45. The van der Waals surface area contributed by atoms with E-state index in [4.69, 9.17) is 0 Å². The van der Waals surface area contributed by atoms with E-state index in [-0.39, 0.29) is 0 Å². The van der Waals surface area contributed by atoms with Crippen molar-refractivity contribution in [3.63, 3.8) is 0 Å². The van der Waals surface area contributed by atoms with E-state index in [1.165, 1.54) is 0 Å². The smallest absolute Gasteiger partial charge is 0.137 e. The fourth-order valence-corrected chi connectivity index (χ4v) is 2.25. The van der Waals surface area contributed by atoms with Crippen LogP contribution in [0.25, 0.3) is 17.3 Å². The van der Waals surface area contributed by atoms with Gasteiger partial charge in [0.2, 0.25) is 0 Å². The number of pyridine rings is 2. The van der Waals surface area contributed by atoms with Crippen molar-refractivity contribution in [1.29, 1.82) is 5.26 Å². The van der Waals surface area contributed by atoms with Gasteiger partial charge in [-0.1, -0.05) is 6.07 Å². The van der Waals surface area contributed by atoms with Crippen molar-refractivity contribution in [3.8, 4) is 6.07 Å². The minimum atomic E-state index is 0.507. The summed E-state index contributed by atoms with van der Waals surface area (Å²) in [6.07, 6.45) is 7.12. The summed E-state index contributed by atoms with van der Waals surface area (Å²) in [5, 5.41) is 9.31. The molecular formula is C15H9BrN4. The predicted molar refractivity (Wildman–Crippen MR) is 80.6 cm³/mol. The van der Waals surface area contributed by atoms with Gasteiger partial charge in [-0.2, -0.15) is 5.26 Å². The van der Waals surface area contributed by atoms with Crippen LogP contribution >= 0.6 is 15.9 Å². The zero-order valence-electron chi connectivity index (χ0n) is 10.4. The second-order valence-corrected chi connectivity index (χ2v) is 5.06. The molecule has 4 nitrogen and oxygen atoms in total. The van der Waals surface area contributed by atoms with Gasteiger partial charge < -0.3 is 0 Å². The van der Waals surface area contributed by atoms with Gasteiger partial charge in [0.1, 0.15) is 11.7 Å². The van der Waals surface area contributed by atoms with Crippen molar-refractivity contribution >= 4 is 33.2 Å². The highest BCUT2D eigenvalue weighted by Gasteiger charge is 2.05. The largest absolute Gasteiger partial charge is 0.299 e. The van der Waals surface area contributed by atoms with Crippen LogP contribution in [0.2, 0.25) is 0 Å². The average Bonchev–Trinajstić information content (AvgIpc) is 2.88. The molecule has 3 aromatic heterocycles. The van der Waals surface area contributed by atoms with Gasteiger partial charge in [-0.05, 0) is 46.3 Å². The van der Waals surface area contributed by atoms with E-state index in [1.54, 1.807) is 18.5 Å². The fourth-order valence-electron chi connectivity index (χ4n) is 1.91. The highest BCUT2D eigenvalue weighted by atomic mass is 79.9. The lowest BCUT2D eigenvalue weighted by Gasteiger charge is -2.00. The molecule has 20 heavy (non-hydrogen) atoms. The highest BCUT2D eigenvalue weighted by Crippen LogP contribution is 2.18. The molecule has 3 aromatic rings. The van der Waals surface area contributed by atoms with Gasteiger partial charge in [-0.3, -0.25) is 9.38 Å². The molecule has 0 spiro atoms. The highest BCUT2D eigenvalue weighted by molar-refractivity contribution is 9.10. The van der Waals surface area contributed by atoms with E-state index in [0.717, 1.165) is 15.8 Å². The van der Waals surface area contributed by atoms with Gasteiger partial charge in [0, 0.05) is 16.9 Å². The third-order valence-electron chi connectivity index (χ3n) is 2.85. The molecule has 0 aliphatic heterocycles. The number of aromatic nitrogens is 3. The van der Waals surface area contributed by atoms with Gasteiger partial charge >= 0.3 is 0 Å². The Labute approximate surface area is 124 Å². The van der Waals surface area contributed by atoms with Crippen molar-refractivity contribution < 1.29 is 0 Å². The van der Waals surface area contributed by atoms with Crippen LogP contribution in [0.4, 0.5) is 0 Å². The SMILES string of the molecule is N#CC(=Cc1cnc2ccc(Br)cn12)c1ccccn1. The zero-order chi connectivity index (χ0) is 13.9. The molecule has 0 aromatic carbocycles. The third-order valence-corrected chi connectivity index (χ3v) is 3.32. The Bertz CT molecular complexity index is 828. The molecule has 0 bridgehead atoms. The van der Waals surface area contributed by atoms with Crippen LogP contribution in [-0.2, 0) is 0 Å². The summed E-state index contributed by atoms with van der Waals surface area (Å²) in [4.78, 5) is 8.51. The van der Waals surface area contributed by atoms with Gasteiger partial charge in [0.25, 0.3) is 0 Å². The molecule has 0 atom stereocenters. The van der Waals surface area contributed by atoms with Gasteiger partial charge in [-0.25, -0.2) is 4.98 Å². The Kier molecular flexibility index (Phi) is 3.32. The number of hydrogen-bond acceptors (Lipinski definition) is 3. The maximum Gasteiger partial charge on any atom is 0.137 e. The predicted octanol–water partition coefficient (Wildman–Crippen LogP) is 3.56. The third kappa shape index (κ3) is 2.33. The number of hydrogen-bond donors (Lipinski definition) is 0. The van der Waals surface area contributed by atoms with Crippen molar-refractivity contribution in [2.24, 2.45) is 0 Å². The summed E-state index contributed by atoms with van der Waals surface area (Å²) in [7, 11) is 0. The summed E-state index contributed by atoms with van der Waals surface area (Å²) < 4.78 is 2.87. The Morgan fingerprint density at radius 3 is 2.90 bits per heavy atom. The molecule has 0 unspecified atom stereocenters. The van der Waals surface area contributed by atoms with E-state index >= 15 is 0 Å². The van der Waals surface area contributed by atoms with E-state index in [0.29, 0.717) is 11.3 Å². The summed E-state index contributed by atoms with van der Waals surface area (Å²) in [6.45, 7) is 0. The van der Waals surface area contributed by atoms with Crippen LogP contribution in [0.15, 0.2) is 53.4 Å². The monoisotopic (exact) mass is 324 g/mol. The number of nitrogens with zero attached hydrogens (tertiary/aromatic N) is 4. The summed E-state index contributed by atoms with van der Waals surface area (Å²) >= 11 is 3.43. The average molecular weight is 325 g/mol. The molecule has 0 aliphatic rings. The second-order valence-electron chi connectivity index (χ2n) is 4.14. The van der Waals surface area contributed by atoms with E-state index in [2.05, 4.69) is 32.0 Å². The minimum Gasteiger partial charge on any atom is -0.299 e. The molecule has 0 saturated carbocycles. The molecule has 3 rings (SSSR count). The Morgan fingerprint density at radius 1 is 1.25 bits per heavy atom. The maximum atomic E-state index is 9.31. The first-order chi connectivity index (χ1) is 9.78. The van der Waals surface area contributed by atoms with Crippen LogP contribution in [-0.4, -0.2) is 14.4 Å². The van der Waals surface area contributed by atoms with Crippen LogP contribution in [0.3, 0.4) is 0 Å². The van der Waals surface area contributed by atoms with Crippen LogP contribution in [0.1, 0.15) is 11.4 Å². The number of rotatable bonds is 2. The number of fused-ring (bicyclic) bond motifs is 1. The van der Waals surface area contributed by atoms with Gasteiger partial charge in [0.15, 0.2) is 0 Å². The van der Waals surface area contributed by atoms with Crippen LogP contribution in [0, 0.1) is 11.3 Å². The molecule has 5 heteroatoms. The fraction of sp³-hybridized carbons (Fsp3) is 0. The number of halogens is 1. The molecule has 0 amide bonds. The first kappa shape index (κ1) is 12.6. The van der Waals surface area contributed by atoms with Gasteiger partial charge in [0.05, 0.1) is 23.2 Å². The van der Waals surface area contributed by atoms with E-state index in [9.17, 15) is 5.26 Å². The van der Waals surface area contributed by atoms with E-state index < -0.39 is 0 Å². The molecule has 0 fully saturated rings. The maximum absolute atomic E-state index is 9.31. The quantitative estimate of drug-likeness (QED) is 0.677. The number of nitriles is 1. The molecular weight excluding hydrogens is 316 g/mol. The molecule has 3 heterocycles. The van der Waals surface area contributed by atoms with E-state index in [1.807, 2.05) is 40.9 Å². The van der Waals surface area contributed by atoms with Crippen molar-refractivity contribution in [2.75, 3.05) is 0 Å². The molecule has 0 radical (unpaired) electrons. The van der Waals surface area contributed by atoms with Crippen molar-refractivity contribution in [1.82, 2.24) is 14.4 Å². The lowest BCUT2D eigenvalue weighted by atomic mass is 10.1. The minimum absolute atomic E-state index is 0.507. The van der Waals surface area contributed by atoms with Crippen molar-refractivity contribution in [3.05, 3.63) is 64.8 Å². The molecule has 0 aliphatic carbocycles. The molecule has 96 valence electrons. The standard InChI is InChI=1S/C15H9BrN4/c16-12-4-5-15-19-9-13(20(15)10-12)7-11(8-17)14-3-1-2-6-18-14/h1-7,9-10H. The molecule has 0 saturated heterocycles. The number of imidazole rings is 1. The Balaban J connectivity index is 2.13. The summed E-state index contributed by atoms with van der Waals surface area (Å²) in [5.74, 6) is 0. The van der Waals surface area contributed by atoms with Crippen LogP contribution < -0.4 is 0 Å². The Morgan fingerprint density at radius 2 is 2.15 bits per heavy atom. The van der Waals surface area contributed by atoms with Crippen LogP contribution in [0.5, 0.6) is 0 Å². The topological polar surface area (TPSA) is 54.0 Å². The number of allylic oxidation sites excluding steroid dienone is 1. The summed E-state index contributed by atoms with van der Waals surface area (Å²) in [6, 6.07) is 11.5.